The predicted molar refractivity (Wildman–Crippen MR) is 78.4 cm³/mol. The Morgan fingerprint density at radius 1 is 1.37 bits per heavy atom. The number of aromatic nitrogens is 1. The van der Waals surface area contributed by atoms with Crippen molar-refractivity contribution in [3.05, 3.63) is 5.69 Å². The zero-order chi connectivity index (χ0) is 22.8. The molecule has 0 aliphatic carbocycles. The Morgan fingerprint density at radius 2 is 2.05 bits per heavy atom. The van der Waals surface area contributed by atoms with Gasteiger partial charge in [-0.1, -0.05) is 24.6 Å². The smallest absolute Gasteiger partial charge is 0.473 e. The molecule has 1 aliphatic rings. The first kappa shape index (κ1) is 6.45. The van der Waals surface area contributed by atoms with Crippen molar-refractivity contribution < 1.29 is 27.8 Å². The highest BCUT2D eigenvalue weighted by Gasteiger charge is 2.53. The van der Waals surface area contributed by atoms with Crippen LogP contribution in [0.5, 0.6) is 5.19 Å². The second kappa shape index (κ2) is 5.07. The second-order valence-electron chi connectivity index (χ2n) is 5.13. The number of rotatable bonds is 4. The van der Waals surface area contributed by atoms with Gasteiger partial charge in [-0.25, -0.2) is 4.98 Å². The minimum Gasteiger partial charge on any atom is -0.473 e. The van der Waals surface area contributed by atoms with Gasteiger partial charge in [-0.05, 0) is 34.1 Å². The zero-order valence-electron chi connectivity index (χ0n) is 21.2. The van der Waals surface area contributed by atoms with Gasteiger partial charge < -0.3 is 14.0 Å². The van der Waals surface area contributed by atoms with E-state index in [1.54, 1.807) is 27.7 Å². The number of nitrogens with zero attached hydrogens (tertiary/aromatic N) is 1. The van der Waals surface area contributed by atoms with E-state index in [-0.39, 0.29) is 4.78 Å². The highest BCUT2D eigenvalue weighted by Crippen LogP contribution is 2.37. The first-order valence-electron chi connectivity index (χ1n) is 10.7. The molecule has 0 bridgehead atoms. The van der Waals surface area contributed by atoms with Crippen LogP contribution in [0.25, 0.3) is 0 Å². The van der Waals surface area contributed by atoms with Crippen LogP contribution >= 0.6 is 11.3 Å². The van der Waals surface area contributed by atoms with E-state index >= 15 is 0 Å². The molecular formula is C13H22BNO3S. The molecule has 106 valence electrons. The molecule has 2 rings (SSSR count). The van der Waals surface area contributed by atoms with E-state index in [1.807, 2.05) is 0 Å². The Balaban J connectivity index is 2.63. The molecule has 0 spiro atoms. The van der Waals surface area contributed by atoms with Gasteiger partial charge in [0.05, 0.1) is 32.8 Å². The molecule has 1 fully saturated rings. The normalized spacial score (nSPS) is 31.5. The van der Waals surface area contributed by atoms with Gasteiger partial charge >= 0.3 is 7.12 Å². The largest absolute Gasteiger partial charge is 0.507 e. The van der Waals surface area contributed by atoms with Gasteiger partial charge in [0.25, 0.3) is 5.19 Å². The number of thiazole rings is 1. The fraction of sp³-hybridized carbons (Fsp3) is 0.769. The van der Waals surface area contributed by atoms with Gasteiger partial charge in [-0.3, -0.25) is 0 Å². The maximum absolute atomic E-state index is 8.24. The standard InChI is InChI=1S/C13H22BNO3S/c1-7-8-9-10(19-11(15-9)16-6)14-17-12(2,3)13(4,5)18-14/h7-8H2,1-6H3/i1D3,6D3,7D2,8D2. The summed E-state index contributed by atoms with van der Waals surface area (Å²) in [6.07, 6.45) is -6.48. The van der Waals surface area contributed by atoms with Crippen LogP contribution in [0.15, 0.2) is 0 Å². The van der Waals surface area contributed by atoms with Crippen molar-refractivity contribution >= 4 is 23.2 Å². The van der Waals surface area contributed by atoms with Gasteiger partial charge in [0, 0.05) is 9.60 Å². The highest BCUT2D eigenvalue weighted by molar-refractivity contribution is 7.23. The van der Waals surface area contributed by atoms with Crippen LogP contribution in [0.2, 0.25) is 0 Å². The van der Waals surface area contributed by atoms with Crippen LogP contribution in [0.4, 0.5) is 0 Å². The van der Waals surface area contributed by atoms with Crippen molar-refractivity contribution in [1.29, 1.82) is 0 Å². The van der Waals surface area contributed by atoms with E-state index in [1.165, 1.54) is 0 Å². The zero-order valence-corrected chi connectivity index (χ0v) is 12.0. The van der Waals surface area contributed by atoms with Crippen molar-refractivity contribution in [3.8, 4) is 5.19 Å². The molecule has 1 aromatic heterocycles. The molecule has 0 N–H and O–H groups in total. The Morgan fingerprint density at radius 3 is 2.63 bits per heavy atom. The summed E-state index contributed by atoms with van der Waals surface area (Å²) in [5.74, 6) is 0. The Labute approximate surface area is 133 Å². The number of hydrogen-bond donors (Lipinski definition) is 0. The quantitative estimate of drug-likeness (QED) is 0.799. The molecular weight excluding hydrogens is 261 g/mol. The second-order valence-corrected chi connectivity index (χ2v) is 6.13. The predicted octanol–water partition coefficient (Wildman–Crippen LogP) is 2.40. The Bertz CT molecular complexity index is 758. The summed E-state index contributed by atoms with van der Waals surface area (Å²) in [6, 6.07) is 0. The summed E-state index contributed by atoms with van der Waals surface area (Å²) in [7, 11) is -4.11. The fourth-order valence-electron chi connectivity index (χ4n) is 1.61. The average Bonchev–Trinajstić information content (AvgIpc) is 2.95. The lowest BCUT2D eigenvalue weighted by molar-refractivity contribution is 0.00578. The molecule has 2 heterocycles. The van der Waals surface area contributed by atoms with E-state index in [0.717, 1.165) is 0 Å². The van der Waals surface area contributed by atoms with E-state index in [4.69, 9.17) is 27.8 Å². The topological polar surface area (TPSA) is 40.6 Å². The van der Waals surface area contributed by atoms with Crippen molar-refractivity contribution in [2.24, 2.45) is 0 Å². The molecule has 1 aromatic rings. The highest BCUT2D eigenvalue weighted by atomic mass is 32.1. The molecule has 0 atom stereocenters. The molecule has 0 unspecified atom stereocenters. The van der Waals surface area contributed by atoms with Crippen molar-refractivity contribution in [2.75, 3.05) is 7.04 Å². The molecule has 4 nitrogen and oxygen atoms in total. The molecule has 0 radical (unpaired) electrons. The van der Waals surface area contributed by atoms with Gasteiger partial charge in [-0.2, -0.15) is 0 Å². The van der Waals surface area contributed by atoms with Crippen LogP contribution in [-0.2, 0) is 15.7 Å². The minimum absolute atomic E-state index is 0.0963. The summed E-state index contributed by atoms with van der Waals surface area (Å²) in [4.78, 5) is 3.80. The van der Waals surface area contributed by atoms with Gasteiger partial charge in [-0.15, -0.1) is 0 Å². The van der Waals surface area contributed by atoms with Crippen LogP contribution in [0, 0.1) is 0 Å². The van der Waals surface area contributed by atoms with Crippen molar-refractivity contribution in [2.45, 2.75) is 58.5 Å². The SMILES string of the molecule is [2H]C([2H])([2H])Oc1nc(C([2H])([2H])C([2H])([2H])C([2H])([2H])[2H])c(B2OC(C)(C)C(C)(C)O2)s1. The number of aryl methyl sites for hydroxylation is 1. The Kier molecular flexibility index (Phi) is 1.72. The lowest BCUT2D eigenvalue weighted by Gasteiger charge is -2.32. The maximum atomic E-state index is 8.24. The van der Waals surface area contributed by atoms with Crippen molar-refractivity contribution in [1.82, 2.24) is 4.98 Å². The third kappa shape index (κ3) is 2.66. The number of methoxy groups -OCH3 is 1. The summed E-state index contributed by atoms with van der Waals surface area (Å²) in [6.45, 7) is 3.64. The summed E-state index contributed by atoms with van der Waals surface area (Å²) in [5, 5.41) is -0.477. The van der Waals surface area contributed by atoms with E-state index in [2.05, 4.69) is 4.98 Å². The maximum Gasteiger partial charge on any atom is 0.507 e. The van der Waals surface area contributed by atoms with Gasteiger partial charge in [0.2, 0.25) is 0 Å². The average molecular weight is 293 g/mol. The number of ether oxygens (including phenoxy) is 1. The van der Waals surface area contributed by atoms with Crippen LogP contribution in [0.3, 0.4) is 0 Å². The summed E-state index contributed by atoms with van der Waals surface area (Å²) < 4.78 is 92.5. The first-order chi connectivity index (χ1) is 12.6. The van der Waals surface area contributed by atoms with Gasteiger partial charge in [0.15, 0.2) is 0 Å². The minimum atomic E-state index is -3.34. The van der Waals surface area contributed by atoms with E-state index in [9.17, 15) is 0 Å². The monoisotopic (exact) mass is 293 g/mol. The fourth-order valence-corrected chi connectivity index (χ4v) is 2.37. The van der Waals surface area contributed by atoms with Crippen LogP contribution in [0.1, 0.15) is 60.3 Å². The summed E-state index contributed by atoms with van der Waals surface area (Å²) >= 11 is 0.605. The van der Waals surface area contributed by atoms with E-state index in [0.29, 0.717) is 11.3 Å². The van der Waals surface area contributed by atoms with Crippen LogP contribution in [-0.4, -0.2) is 30.3 Å². The molecule has 0 amide bonds. The molecule has 1 aliphatic heterocycles. The third-order valence-electron chi connectivity index (χ3n) is 3.37. The van der Waals surface area contributed by atoms with Gasteiger partial charge in [0.1, 0.15) is 0 Å². The third-order valence-corrected chi connectivity index (χ3v) is 4.32. The molecule has 0 saturated carbocycles. The number of hydrogen-bond acceptors (Lipinski definition) is 5. The molecule has 19 heavy (non-hydrogen) atoms. The lowest BCUT2D eigenvalue weighted by atomic mass is 9.85. The molecule has 1 saturated heterocycles. The molecule has 6 heteroatoms. The lowest BCUT2D eigenvalue weighted by Crippen LogP contribution is -2.41. The van der Waals surface area contributed by atoms with Crippen LogP contribution < -0.4 is 9.51 Å². The molecule has 0 aromatic carbocycles. The summed E-state index contributed by atoms with van der Waals surface area (Å²) in [5.41, 5.74) is -2.30. The van der Waals surface area contributed by atoms with Crippen molar-refractivity contribution in [3.63, 3.8) is 0 Å². The first-order valence-corrected chi connectivity index (χ1v) is 6.50. The Hall–Kier alpha value is -0.585. The van der Waals surface area contributed by atoms with E-state index < -0.39 is 55.8 Å².